The van der Waals surface area contributed by atoms with E-state index in [2.05, 4.69) is 31.9 Å². The first-order valence-electron chi connectivity index (χ1n) is 16.4. The van der Waals surface area contributed by atoms with Gasteiger partial charge in [-0.25, -0.2) is 9.59 Å². The second-order valence-corrected chi connectivity index (χ2v) is 13.4. The molecule has 0 atom stereocenters. The van der Waals surface area contributed by atoms with Gasteiger partial charge in [-0.3, -0.25) is 25.3 Å². The molecule has 49 heavy (non-hydrogen) atoms. The SMILES string of the molecule is CC(C)(C)OC(=O)Nc1cscc1NC(=O)c1ccc(CN(CCCCN2CCOCC2)C(=O)NC2=COC=C(C3=CC=CCC3)O2)cn1. The summed E-state index contributed by atoms with van der Waals surface area (Å²) in [5.41, 5.74) is 2.13. The molecule has 0 aromatic carbocycles. The molecule has 5 rings (SSSR count). The van der Waals surface area contributed by atoms with Crippen molar-refractivity contribution >= 4 is 40.7 Å². The molecular weight excluding hydrogens is 648 g/mol. The number of nitrogens with zero attached hydrogens (tertiary/aromatic N) is 3. The van der Waals surface area contributed by atoms with Crippen LogP contribution >= 0.6 is 11.3 Å². The molecule has 0 radical (unpaired) electrons. The molecule has 2 aromatic rings. The van der Waals surface area contributed by atoms with Gasteiger partial charge in [-0.1, -0.05) is 24.3 Å². The van der Waals surface area contributed by atoms with Crippen molar-refractivity contribution in [1.29, 1.82) is 0 Å². The highest BCUT2D eigenvalue weighted by molar-refractivity contribution is 7.09. The lowest BCUT2D eigenvalue weighted by atomic mass is 10.0. The Bertz CT molecular complexity index is 1590. The Labute approximate surface area is 290 Å². The van der Waals surface area contributed by atoms with Crippen molar-refractivity contribution in [3.8, 4) is 0 Å². The number of hydrogen-bond donors (Lipinski definition) is 3. The van der Waals surface area contributed by atoms with Gasteiger partial charge in [0.15, 0.2) is 12.0 Å². The van der Waals surface area contributed by atoms with Crippen LogP contribution in [-0.2, 0) is 25.5 Å². The summed E-state index contributed by atoms with van der Waals surface area (Å²) in [4.78, 5) is 47.3. The molecular formula is C35H44N6O7S. The molecule has 1 aliphatic carbocycles. The van der Waals surface area contributed by atoms with Gasteiger partial charge in [0.05, 0.1) is 24.6 Å². The second kappa shape index (κ2) is 17.1. The molecule has 2 aromatic heterocycles. The molecule has 4 heterocycles. The number of nitrogens with one attached hydrogen (secondary N) is 3. The molecule has 0 unspecified atom stereocenters. The number of rotatable bonds is 12. The number of hydrogen-bond acceptors (Lipinski definition) is 10. The third kappa shape index (κ3) is 11.2. The lowest BCUT2D eigenvalue weighted by Gasteiger charge is -2.28. The number of morpholine rings is 1. The molecule has 13 nitrogen and oxygen atoms in total. The van der Waals surface area contributed by atoms with Crippen molar-refractivity contribution in [2.45, 2.75) is 58.6 Å². The number of aromatic nitrogens is 1. The molecule has 14 heteroatoms. The number of allylic oxidation sites excluding steroid dienone is 4. The van der Waals surface area contributed by atoms with E-state index in [1.807, 2.05) is 12.2 Å². The highest BCUT2D eigenvalue weighted by Gasteiger charge is 2.22. The van der Waals surface area contributed by atoms with E-state index in [9.17, 15) is 14.4 Å². The van der Waals surface area contributed by atoms with Crippen LogP contribution in [0, 0.1) is 0 Å². The van der Waals surface area contributed by atoms with Gasteiger partial charge in [-0.2, -0.15) is 0 Å². The van der Waals surface area contributed by atoms with Crippen LogP contribution in [-0.4, -0.2) is 77.8 Å². The zero-order valence-electron chi connectivity index (χ0n) is 28.2. The Morgan fingerprint density at radius 2 is 1.84 bits per heavy atom. The Balaban J connectivity index is 1.19. The van der Waals surface area contributed by atoms with Gasteiger partial charge in [-0.15, -0.1) is 11.3 Å². The van der Waals surface area contributed by atoms with Crippen LogP contribution in [0.2, 0.25) is 0 Å². The third-order valence-electron chi connectivity index (χ3n) is 7.65. The number of urea groups is 1. The standard InChI is InChI=1S/C35H44N6O7S/c1-35(2,3)48-34(44)38-29-24-49-23-28(29)37-32(42)27-12-11-25(19-36-27)20-41(14-8-7-13-40-15-17-45-18-16-40)33(43)39-31-22-46-21-30(47-31)26-9-5-4-6-10-26/h4-5,9,11-12,19,21-24H,6-8,10,13-18,20H2,1-3H3,(H,37,42)(H,38,44)(H,39,43). The molecule has 0 saturated carbocycles. The van der Waals surface area contributed by atoms with Crippen LogP contribution in [0.5, 0.6) is 0 Å². The van der Waals surface area contributed by atoms with Gasteiger partial charge in [0.1, 0.15) is 17.6 Å². The summed E-state index contributed by atoms with van der Waals surface area (Å²) in [5.74, 6) is 0.326. The van der Waals surface area contributed by atoms with Gasteiger partial charge in [-0.05, 0) is 70.2 Å². The number of ether oxygens (including phenoxy) is 4. The Morgan fingerprint density at radius 1 is 1.04 bits per heavy atom. The predicted octanol–water partition coefficient (Wildman–Crippen LogP) is 6.33. The summed E-state index contributed by atoms with van der Waals surface area (Å²) >= 11 is 1.32. The van der Waals surface area contributed by atoms with E-state index >= 15 is 0 Å². The first kappa shape index (κ1) is 35.6. The summed E-state index contributed by atoms with van der Waals surface area (Å²) < 4.78 is 22.2. The molecule has 4 amide bonds. The monoisotopic (exact) mass is 692 g/mol. The van der Waals surface area contributed by atoms with E-state index < -0.39 is 17.6 Å². The number of carbonyl (C=O) groups excluding carboxylic acids is 3. The van der Waals surface area contributed by atoms with E-state index in [4.69, 9.17) is 18.9 Å². The summed E-state index contributed by atoms with van der Waals surface area (Å²) in [6, 6.07) is 3.04. The van der Waals surface area contributed by atoms with Crippen LogP contribution in [0.1, 0.15) is 62.5 Å². The molecule has 262 valence electrons. The van der Waals surface area contributed by atoms with Crippen LogP contribution in [0.3, 0.4) is 0 Å². The van der Waals surface area contributed by atoms with Gasteiger partial charge in [0.2, 0.25) is 5.88 Å². The van der Waals surface area contributed by atoms with Crippen LogP contribution < -0.4 is 16.0 Å². The minimum absolute atomic E-state index is 0.184. The molecule has 0 spiro atoms. The van der Waals surface area contributed by atoms with E-state index in [1.165, 1.54) is 23.9 Å². The van der Waals surface area contributed by atoms with Crippen molar-refractivity contribution in [1.82, 2.24) is 20.1 Å². The first-order valence-corrected chi connectivity index (χ1v) is 17.4. The lowest BCUT2D eigenvalue weighted by Crippen LogP contribution is -2.41. The van der Waals surface area contributed by atoms with E-state index in [1.54, 1.807) is 54.8 Å². The number of anilines is 2. The van der Waals surface area contributed by atoms with E-state index in [0.29, 0.717) is 23.7 Å². The summed E-state index contributed by atoms with van der Waals surface area (Å²) in [6.07, 6.45) is 13.3. The van der Waals surface area contributed by atoms with E-state index in [0.717, 1.165) is 69.7 Å². The van der Waals surface area contributed by atoms with Gasteiger partial charge in [0, 0.05) is 43.1 Å². The van der Waals surface area contributed by atoms with Crippen LogP contribution in [0.15, 0.2) is 77.1 Å². The Kier molecular flexibility index (Phi) is 12.5. The van der Waals surface area contributed by atoms with Crippen LogP contribution in [0.25, 0.3) is 0 Å². The predicted molar refractivity (Wildman–Crippen MR) is 187 cm³/mol. The smallest absolute Gasteiger partial charge is 0.412 e. The molecule has 3 aliphatic rings. The zero-order chi connectivity index (χ0) is 34.6. The van der Waals surface area contributed by atoms with Crippen LogP contribution in [0.4, 0.5) is 21.0 Å². The normalized spacial score (nSPS) is 16.3. The largest absolute Gasteiger partial charge is 0.463 e. The minimum atomic E-state index is -0.658. The summed E-state index contributed by atoms with van der Waals surface area (Å²) in [5, 5.41) is 11.7. The number of unbranched alkanes of at least 4 members (excludes halogenated alkanes) is 1. The number of carbonyl (C=O) groups is 3. The Hall–Kier alpha value is -4.66. The first-order chi connectivity index (χ1) is 23.6. The Morgan fingerprint density at radius 3 is 2.55 bits per heavy atom. The number of amides is 4. The van der Waals surface area contributed by atoms with Crippen molar-refractivity contribution < 1.29 is 33.3 Å². The summed E-state index contributed by atoms with van der Waals surface area (Å²) in [6.45, 7) is 10.3. The maximum Gasteiger partial charge on any atom is 0.412 e. The fourth-order valence-electron chi connectivity index (χ4n) is 5.19. The van der Waals surface area contributed by atoms with Gasteiger partial charge < -0.3 is 29.2 Å². The average molecular weight is 693 g/mol. The molecule has 2 aliphatic heterocycles. The third-order valence-corrected chi connectivity index (χ3v) is 8.39. The fraction of sp³-hybridized carbons (Fsp3) is 0.429. The fourth-order valence-corrected chi connectivity index (χ4v) is 5.90. The minimum Gasteiger partial charge on any atom is -0.463 e. The maximum atomic E-state index is 13.6. The number of pyridine rings is 1. The van der Waals surface area contributed by atoms with Gasteiger partial charge >= 0.3 is 12.1 Å². The summed E-state index contributed by atoms with van der Waals surface area (Å²) in [7, 11) is 0. The molecule has 1 saturated heterocycles. The lowest BCUT2D eigenvalue weighted by molar-refractivity contribution is 0.0369. The second-order valence-electron chi connectivity index (χ2n) is 12.7. The molecule has 0 bridgehead atoms. The van der Waals surface area contributed by atoms with Crippen molar-refractivity contribution in [3.05, 3.63) is 88.3 Å². The van der Waals surface area contributed by atoms with Gasteiger partial charge in [0.25, 0.3) is 5.91 Å². The maximum absolute atomic E-state index is 13.6. The quantitative estimate of drug-likeness (QED) is 0.218. The van der Waals surface area contributed by atoms with Crippen molar-refractivity contribution in [2.24, 2.45) is 0 Å². The molecule has 3 N–H and O–H groups in total. The topological polar surface area (TPSA) is 144 Å². The molecule has 1 fully saturated rings. The van der Waals surface area contributed by atoms with Crippen molar-refractivity contribution in [3.63, 3.8) is 0 Å². The van der Waals surface area contributed by atoms with E-state index in [-0.39, 0.29) is 24.2 Å². The highest BCUT2D eigenvalue weighted by Crippen LogP contribution is 2.28. The number of thiophene rings is 1. The van der Waals surface area contributed by atoms with Crippen molar-refractivity contribution in [2.75, 3.05) is 50.0 Å². The average Bonchev–Trinajstić information content (AvgIpc) is 3.52. The zero-order valence-corrected chi connectivity index (χ0v) is 29.0. The highest BCUT2D eigenvalue weighted by atomic mass is 32.1.